The number of rotatable bonds is 7. The lowest BCUT2D eigenvalue weighted by molar-refractivity contribution is -0.148. The molecule has 1 aromatic carbocycles. The van der Waals surface area contributed by atoms with Crippen LogP contribution in [0.3, 0.4) is 0 Å². The molecule has 0 spiro atoms. The molecule has 1 aliphatic heterocycles. The second-order valence-electron chi connectivity index (χ2n) is 7.49. The number of fused-ring (bicyclic) bond motifs is 1. The molecule has 1 fully saturated rings. The third-order valence-corrected chi connectivity index (χ3v) is 6.11. The maximum absolute atomic E-state index is 13.1. The van der Waals surface area contributed by atoms with E-state index >= 15 is 0 Å². The standard InChI is InChI=1S/C21H27N3O4S/c1-13-6-7-16-14(11-13)12-18(23(16)2)19(25)22-15(8-10-29-3)20(26)24-9-4-5-17(24)21(27)28/h6-7,11-12,15,17H,4-5,8-10H2,1-3H3,(H,22,25)(H,27,28). The molecule has 2 unspecified atom stereocenters. The largest absolute Gasteiger partial charge is 0.480 e. The van der Waals surface area contributed by atoms with Gasteiger partial charge in [-0.1, -0.05) is 11.6 Å². The Morgan fingerprint density at radius 1 is 1.31 bits per heavy atom. The number of carbonyl (C=O) groups is 3. The Kier molecular flexibility index (Phi) is 6.52. The second kappa shape index (κ2) is 8.90. The van der Waals surface area contributed by atoms with Gasteiger partial charge < -0.3 is 19.9 Å². The van der Waals surface area contributed by atoms with Gasteiger partial charge in [0.05, 0.1) is 0 Å². The fraction of sp³-hybridized carbons (Fsp3) is 0.476. The SMILES string of the molecule is CSCCC(NC(=O)c1cc2cc(C)ccc2n1C)C(=O)N1CCCC1C(=O)O. The molecule has 29 heavy (non-hydrogen) atoms. The summed E-state index contributed by atoms with van der Waals surface area (Å²) in [5.74, 6) is -0.940. The molecule has 7 nitrogen and oxygen atoms in total. The molecule has 0 radical (unpaired) electrons. The number of carboxylic acids is 1. The number of thioether (sulfide) groups is 1. The number of carboxylic acid groups (broad SMARTS) is 1. The van der Waals surface area contributed by atoms with Gasteiger partial charge in [0.1, 0.15) is 17.8 Å². The number of amides is 2. The highest BCUT2D eigenvalue weighted by Gasteiger charge is 2.37. The Hall–Kier alpha value is -2.48. The minimum Gasteiger partial charge on any atom is -0.480 e. The molecule has 0 bridgehead atoms. The van der Waals surface area contributed by atoms with Gasteiger partial charge in [0.2, 0.25) is 5.91 Å². The van der Waals surface area contributed by atoms with Crippen LogP contribution in [0.4, 0.5) is 0 Å². The van der Waals surface area contributed by atoms with Gasteiger partial charge in [0.15, 0.2) is 0 Å². The Morgan fingerprint density at radius 2 is 2.07 bits per heavy atom. The van der Waals surface area contributed by atoms with Crippen LogP contribution in [0.1, 0.15) is 35.3 Å². The zero-order valence-corrected chi connectivity index (χ0v) is 17.8. The van der Waals surface area contributed by atoms with Crippen LogP contribution < -0.4 is 5.32 Å². The summed E-state index contributed by atoms with van der Waals surface area (Å²) in [6, 6.07) is 6.26. The lowest BCUT2D eigenvalue weighted by atomic mass is 10.1. The van der Waals surface area contributed by atoms with E-state index in [1.165, 1.54) is 4.90 Å². The van der Waals surface area contributed by atoms with Crippen molar-refractivity contribution in [3.05, 3.63) is 35.5 Å². The Balaban J connectivity index is 1.83. The number of hydrogen-bond donors (Lipinski definition) is 2. The number of nitrogens with one attached hydrogen (secondary N) is 1. The van der Waals surface area contributed by atoms with Crippen molar-refractivity contribution in [2.75, 3.05) is 18.6 Å². The third kappa shape index (κ3) is 4.42. The molecule has 2 N–H and O–H groups in total. The number of benzene rings is 1. The maximum Gasteiger partial charge on any atom is 0.326 e. The van der Waals surface area contributed by atoms with Crippen molar-refractivity contribution < 1.29 is 19.5 Å². The summed E-state index contributed by atoms with van der Waals surface area (Å²) in [5, 5.41) is 13.2. The van der Waals surface area contributed by atoms with Crippen LogP contribution in [-0.4, -0.2) is 63.0 Å². The van der Waals surface area contributed by atoms with E-state index in [1.807, 2.05) is 49.1 Å². The quantitative estimate of drug-likeness (QED) is 0.722. The highest BCUT2D eigenvalue weighted by atomic mass is 32.2. The number of aliphatic carboxylic acids is 1. The minimum atomic E-state index is -0.991. The van der Waals surface area contributed by atoms with E-state index < -0.39 is 18.1 Å². The van der Waals surface area contributed by atoms with E-state index in [2.05, 4.69) is 5.32 Å². The van der Waals surface area contributed by atoms with Gasteiger partial charge in [0, 0.05) is 24.5 Å². The summed E-state index contributed by atoms with van der Waals surface area (Å²) < 4.78 is 1.82. The molecule has 0 saturated carbocycles. The maximum atomic E-state index is 13.1. The van der Waals surface area contributed by atoms with Crippen molar-refractivity contribution in [3.8, 4) is 0 Å². The highest BCUT2D eigenvalue weighted by molar-refractivity contribution is 7.98. The lowest BCUT2D eigenvalue weighted by Gasteiger charge is -2.27. The molecule has 156 valence electrons. The van der Waals surface area contributed by atoms with Gasteiger partial charge >= 0.3 is 5.97 Å². The van der Waals surface area contributed by atoms with Crippen LogP contribution in [0.5, 0.6) is 0 Å². The van der Waals surface area contributed by atoms with Crippen LogP contribution in [0.15, 0.2) is 24.3 Å². The van der Waals surface area contributed by atoms with Crippen LogP contribution >= 0.6 is 11.8 Å². The minimum absolute atomic E-state index is 0.313. The molecule has 8 heteroatoms. The third-order valence-electron chi connectivity index (χ3n) is 5.47. The van der Waals surface area contributed by atoms with Crippen molar-refractivity contribution in [1.29, 1.82) is 0 Å². The topological polar surface area (TPSA) is 91.6 Å². The Labute approximate surface area is 174 Å². The molecule has 1 aliphatic rings. The summed E-state index contributed by atoms with van der Waals surface area (Å²) in [6.45, 7) is 2.41. The molecule has 2 amide bonds. The molecule has 3 rings (SSSR count). The number of carbonyl (C=O) groups excluding carboxylic acids is 2. The van der Waals surface area contributed by atoms with Crippen molar-refractivity contribution in [3.63, 3.8) is 0 Å². The average Bonchev–Trinajstić information content (AvgIpc) is 3.29. The molecule has 0 aliphatic carbocycles. The first-order valence-electron chi connectivity index (χ1n) is 9.72. The first kappa shape index (κ1) is 21.2. The summed E-state index contributed by atoms with van der Waals surface area (Å²) in [7, 11) is 1.83. The predicted octanol–water partition coefficient (Wildman–Crippen LogP) is 2.41. The zero-order valence-electron chi connectivity index (χ0n) is 17.0. The van der Waals surface area contributed by atoms with E-state index in [0.29, 0.717) is 37.3 Å². The fourth-order valence-corrected chi connectivity index (χ4v) is 4.37. The zero-order chi connectivity index (χ0) is 21.1. The first-order chi connectivity index (χ1) is 13.8. The summed E-state index contributed by atoms with van der Waals surface area (Å²) >= 11 is 1.58. The normalized spacial score (nSPS) is 17.5. The number of aromatic nitrogens is 1. The van der Waals surface area contributed by atoms with Crippen molar-refractivity contribution in [2.24, 2.45) is 7.05 Å². The van der Waals surface area contributed by atoms with Gasteiger partial charge in [0.25, 0.3) is 5.91 Å². The van der Waals surface area contributed by atoms with Gasteiger partial charge in [-0.25, -0.2) is 4.79 Å². The van der Waals surface area contributed by atoms with Crippen LogP contribution in [-0.2, 0) is 16.6 Å². The number of aryl methyl sites for hydroxylation is 2. The van der Waals surface area contributed by atoms with Gasteiger partial charge in [-0.15, -0.1) is 0 Å². The average molecular weight is 418 g/mol. The van der Waals surface area contributed by atoms with Gasteiger partial charge in [-0.3, -0.25) is 9.59 Å². The van der Waals surface area contributed by atoms with Crippen molar-refractivity contribution >= 4 is 40.4 Å². The number of hydrogen-bond acceptors (Lipinski definition) is 4. The van der Waals surface area contributed by atoms with Crippen molar-refractivity contribution in [1.82, 2.24) is 14.8 Å². The van der Waals surface area contributed by atoms with Gasteiger partial charge in [-0.2, -0.15) is 11.8 Å². The molecule has 1 saturated heterocycles. The van der Waals surface area contributed by atoms with Crippen LogP contribution in [0.25, 0.3) is 10.9 Å². The molecular weight excluding hydrogens is 390 g/mol. The Bertz CT molecular complexity index is 939. The van der Waals surface area contributed by atoms with Crippen LogP contribution in [0.2, 0.25) is 0 Å². The van der Waals surface area contributed by atoms with E-state index in [9.17, 15) is 19.5 Å². The lowest BCUT2D eigenvalue weighted by Crippen LogP contribution is -2.52. The summed E-state index contributed by atoms with van der Waals surface area (Å²) in [4.78, 5) is 39.0. The van der Waals surface area contributed by atoms with E-state index in [0.717, 1.165) is 16.5 Å². The fourth-order valence-electron chi connectivity index (χ4n) is 3.90. The van der Waals surface area contributed by atoms with E-state index in [4.69, 9.17) is 0 Å². The van der Waals surface area contributed by atoms with Gasteiger partial charge in [-0.05, 0) is 56.4 Å². The van der Waals surface area contributed by atoms with Crippen molar-refractivity contribution in [2.45, 2.75) is 38.3 Å². The van der Waals surface area contributed by atoms with Crippen LogP contribution in [0, 0.1) is 6.92 Å². The summed E-state index contributed by atoms with van der Waals surface area (Å²) in [5.41, 5.74) is 2.53. The second-order valence-corrected chi connectivity index (χ2v) is 8.47. The molecule has 2 heterocycles. The van der Waals surface area contributed by atoms with E-state index in [1.54, 1.807) is 11.8 Å². The molecular formula is C21H27N3O4S. The summed E-state index contributed by atoms with van der Waals surface area (Å²) in [6.07, 6.45) is 3.50. The molecule has 2 aromatic rings. The number of likely N-dealkylation sites (tertiary alicyclic amines) is 1. The highest BCUT2D eigenvalue weighted by Crippen LogP contribution is 2.22. The monoisotopic (exact) mass is 417 g/mol. The smallest absolute Gasteiger partial charge is 0.326 e. The molecule has 1 aromatic heterocycles. The first-order valence-corrected chi connectivity index (χ1v) is 11.1. The number of nitrogens with zero attached hydrogens (tertiary/aromatic N) is 2. The predicted molar refractivity (Wildman–Crippen MR) is 114 cm³/mol. The molecule has 2 atom stereocenters. The Morgan fingerprint density at radius 3 is 2.76 bits per heavy atom. The van der Waals surface area contributed by atoms with E-state index in [-0.39, 0.29) is 11.8 Å².